The Hall–Kier alpha value is -3.19. The fraction of sp³-hybridized carbons (Fsp3) is 0.292. The lowest BCUT2D eigenvalue weighted by Gasteiger charge is -2.20. The van der Waals surface area contributed by atoms with Crippen LogP contribution in [0.3, 0.4) is 0 Å². The Kier molecular flexibility index (Phi) is 5.78. The number of aliphatic hydroxyl groups is 1. The average Bonchev–Trinajstić information content (AvgIpc) is 3.03. The molecule has 0 spiro atoms. The molecule has 2 aromatic heterocycles. The summed E-state index contributed by atoms with van der Waals surface area (Å²) in [6.45, 7) is 5.31. The molecule has 0 saturated carbocycles. The van der Waals surface area contributed by atoms with Crippen LogP contribution in [0.1, 0.15) is 41.8 Å². The summed E-state index contributed by atoms with van der Waals surface area (Å²) < 4.78 is 35.8. The Labute approximate surface area is 179 Å². The molecule has 5 nitrogen and oxygen atoms in total. The summed E-state index contributed by atoms with van der Waals surface area (Å²) in [6, 6.07) is 5.58. The van der Waals surface area contributed by atoms with E-state index in [1.165, 1.54) is 18.2 Å². The predicted octanol–water partition coefficient (Wildman–Crippen LogP) is 4.66. The van der Waals surface area contributed by atoms with Crippen LogP contribution >= 0.6 is 0 Å². The Bertz CT molecular complexity index is 1160. The van der Waals surface area contributed by atoms with E-state index in [4.69, 9.17) is 9.72 Å². The molecule has 0 aliphatic heterocycles. The van der Waals surface area contributed by atoms with E-state index >= 15 is 0 Å². The topological polar surface area (TPSA) is 58.8 Å². The number of imidazole rings is 1. The third-order valence-electron chi connectivity index (χ3n) is 5.27. The van der Waals surface area contributed by atoms with E-state index < -0.39 is 17.9 Å². The van der Waals surface area contributed by atoms with Gasteiger partial charge in [-0.3, -0.25) is 4.40 Å². The van der Waals surface area contributed by atoms with Crippen molar-refractivity contribution < 1.29 is 18.6 Å². The molecule has 0 radical (unpaired) electrons. The van der Waals surface area contributed by atoms with E-state index in [2.05, 4.69) is 17.5 Å². The van der Waals surface area contributed by atoms with Crippen LogP contribution < -0.4 is 10.1 Å². The van der Waals surface area contributed by atoms with Gasteiger partial charge in [0.1, 0.15) is 24.5 Å². The fourth-order valence-corrected chi connectivity index (χ4v) is 3.96. The molecule has 4 rings (SSSR count). The van der Waals surface area contributed by atoms with Gasteiger partial charge in [-0.15, -0.1) is 0 Å². The molecule has 1 aliphatic rings. The van der Waals surface area contributed by atoms with E-state index in [9.17, 15) is 13.9 Å². The van der Waals surface area contributed by atoms with Crippen molar-refractivity contribution in [3.8, 4) is 5.75 Å². The first-order chi connectivity index (χ1) is 14.8. The molecular weight excluding hydrogens is 400 g/mol. The van der Waals surface area contributed by atoms with Crippen LogP contribution in [0.5, 0.6) is 5.75 Å². The second kappa shape index (κ2) is 8.51. The minimum Gasteiger partial charge on any atom is -0.485 e. The highest BCUT2D eigenvalue weighted by atomic mass is 19.1. The number of allylic oxidation sites excluding steroid dienone is 3. The van der Waals surface area contributed by atoms with Crippen LogP contribution in [0.15, 0.2) is 54.4 Å². The van der Waals surface area contributed by atoms with E-state index in [0.717, 1.165) is 29.1 Å². The van der Waals surface area contributed by atoms with Gasteiger partial charge in [0.25, 0.3) is 0 Å². The number of fused-ring (bicyclic) bond motifs is 1. The summed E-state index contributed by atoms with van der Waals surface area (Å²) >= 11 is 0. The standard InChI is InChI=1S/C24H25F2N3O2/c1-14-10-22(31-13-19-20(25)8-5-9-21(19)26)24-27-15(2)23(29(24)12-14)17-6-4-7-18(11-17)28-16(3)30/h4-5,7-12,16-17,28,30H,6,13H2,1-3H3. The molecule has 31 heavy (non-hydrogen) atoms. The molecule has 1 aromatic carbocycles. The van der Waals surface area contributed by atoms with Crippen molar-refractivity contribution in [2.45, 2.75) is 45.9 Å². The molecule has 0 bridgehead atoms. The van der Waals surface area contributed by atoms with E-state index in [0.29, 0.717) is 11.4 Å². The quantitative estimate of drug-likeness (QED) is 0.564. The third kappa shape index (κ3) is 4.32. The van der Waals surface area contributed by atoms with Crippen LogP contribution in [0, 0.1) is 25.5 Å². The minimum absolute atomic E-state index is 0.0555. The monoisotopic (exact) mass is 425 g/mol. The molecular formula is C24H25F2N3O2. The number of aromatic nitrogens is 2. The minimum atomic E-state index is -0.654. The molecule has 2 unspecified atom stereocenters. The normalized spacial score (nSPS) is 17.0. The van der Waals surface area contributed by atoms with Crippen molar-refractivity contribution in [3.05, 3.63) is 88.5 Å². The lowest BCUT2D eigenvalue weighted by molar-refractivity contribution is 0.170. The SMILES string of the molecule is Cc1cc(OCc2c(F)cccc2F)c2nc(C)c(C3C=C(NC(C)O)C=CC3)n2c1. The second-order valence-corrected chi connectivity index (χ2v) is 7.83. The largest absolute Gasteiger partial charge is 0.485 e. The van der Waals surface area contributed by atoms with Crippen molar-refractivity contribution in [2.24, 2.45) is 0 Å². The molecule has 2 heterocycles. The number of halogens is 2. The van der Waals surface area contributed by atoms with Crippen molar-refractivity contribution in [1.82, 2.24) is 14.7 Å². The summed E-state index contributed by atoms with van der Waals surface area (Å²) in [5.41, 5.74) is 4.13. The van der Waals surface area contributed by atoms with Crippen molar-refractivity contribution >= 4 is 5.65 Å². The molecule has 0 saturated heterocycles. The first-order valence-corrected chi connectivity index (χ1v) is 10.2. The predicted molar refractivity (Wildman–Crippen MR) is 115 cm³/mol. The Morgan fingerprint density at radius 1 is 1.29 bits per heavy atom. The number of pyridine rings is 1. The molecule has 7 heteroatoms. The van der Waals surface area contributed by atoms with Gasteiger partial charge < -0.3 is 15.2 Å². The van der Waals surface area contributed by atoms with Gasteiger partial charge in [0.2, 0.25) is 0 Å². The highest BCUT2D eigenvalue weighted by molar-refractivity contribution is 5.58. The number of hydrogen-bond donors (Lipinski definition) is 2. The molecule has 2 atom stereocenters. The van der Waals surface area contributed by atoms with Gasteiger partial charge in [-0.1, -0.05) is 18.2 Å². The van der Waals surface area contributed by atoms with Crippen LogP contribution in [0.4, 0.5) is 8.78 Å². The molecule has 1 aliphatic carbocycles. The molecule has 3 aromatic rings. The summed E-state index contributed by atoms with van der Waals surface area (Å²) in [5.74, 6) is -0.753. The zero-order chi connectivity index (χ0) is 22.1. The number of nitrogens with zero attached hydrogens (tertiary/aromatic N) is 2. The van der Waals surface area contributed by atoms with E-state index in [-0.39, 0.29) is 18.1 Å². The van der Waals surface area contributed by atoms with Crippen molar-refractivity contribution in [3.63, 3.8) is 0 Å². The summed E-state index contributed by atoms with van der Waals surface area (Å²) in [5, 5.41) is 12.7. The number of benzene rings is 1. The first-order valence-electron chi connectivity index (χ1n) is 10.2. The fourth-order valence-electron chi connectivity index (χ4n) is 3.96. The van der Waals surface area contributed by atoms with Crippen LogP contribution in [-0.4, -0.2) is 20.7 Å². The Balaban J connectivity index is 1.70. The summed E-state index contributed by atoms with van der Waals surface area (Å²) in [6.07, 6.45) is 8.20. The van der Waals surface area contributed by atoms with E-state index in [1.807, 2.05) is 36.6 Å². The maximum Gasteiger partial charge on any atom is 0.180 e. The van der Waals surface area contributed by atoms with Gasteiger partial charge in [-0.05, 0) is 57.0 Å². The molecule has 2 N–H and O–H groups in total. The lowest BCUT2D eigenvalue weighted by Crippen LogP contribution is -2.25. The van der Waals surface area contributed by atoms with Gasteiger partial charge in [0.15, 0.2) is 11.4 Å². The Morgan fingerprint density at radius 3 is 2.74 bits per heavy atom. The molecule has 0 amide bonds. The van der Waals surface area contributed by atoms with Gasteiger partial charge >= 0.3 is 0 Å². The van der Waals surface area contributed by atoms with Crippen molar-refractivity contribution in [2.75, 3.05) is 0 Å². The smallest absolute Gasteiger partial charge is 0.180 e. The number of aliphatic hydroxyl groups excluding tert-OH is 1. The number of nitrogens with one attached hydrogen (secondary N) is 1. The zero-order valence-electron chi connectivity index (χ0n) is 17.7. The molecule has 162 valence electrons. The highest BCUT2D eigenvalue weighted by Crippen LogP contribution is 2.33. The Morgan fingerprint density at radius 2 is 2.03 bits per heavy atom. The maximum absolute atomic E-state index is 14.0. The number of rotatable bonds is 6. The number of hydrogen-bond acceptors (Lipinski definition) is 4. The highest BCUT2D eigenvalue weighted by Gasteiger charge is 2.22. The number of ether oxygens (including phenoxy) is 1. The average molecular weight is 425 g/mol. The van der Waals surface area contributed by atoms with Crippen LogP contribution in [0.25, 0.3) is 5.65 Å². The lowest BCUT2D eigenvalue weighted by atomic mass is 9.94. The maximum atomic E-state index is 14.0. The summed E-state index contributed by atoms with van der Waals surface area (Å²) in [4.78, 5) is 4.70. The van der Waals surface area contributed by atoms with Crippen molar-refractivity contribution in [1.29, 1.82) is 0 Å². The first kappa shape index (κ1) is 21.1. The van der Waals surface area contributed by atoms with Crippen LogP contribution in [0.2, 0.25) is 0 Å². The third-order valence-corrected chi connectivity index (χ3v) is 5.27. The zero-order valence-corrected chi connectivity index (χ0v) is 17.7. The number of aryl methyl sites for hydroxylation is 2. The van der Waals surface area contributed by atoms with Gasteiger partial charge in [-0.2, -0.15) is 0 Å². The van der Waals surface area contributed by atoms with Gasteiger partial charge in [0, 0.05) is 17.8 Å². The van der Waals surface area contributed by atoms with Gasteiger partial charge in [-0.25, -0.2) is 13.8 Å². The summed E-state index contributed by atoms with van der Waals surface area (Å²) in [7, 11) is 0. The second-order valence-electron chi connectivity index (χ2n) is 7.83. The van der Waals surface area contributed by atoms with E-state index in [1.54, 1.807) is 6.92 Å². The molecule has 0 fully saturated rings. The van der Waals surface area contributed by atoms with Gasteiger partial charge in [0.05, 0.1) is 17.0 Å². The van der Waals surface area contributed by atoms with Crippen LogP contribution in [-0.2, 0) is 6.61 Å².